The van der Waals surface area contributed by atoms with E-state index in [-0.39, 0.29) is 23.3 Å². The van der Waals surface area contributed by atoms with E-state index in [4.69, 9.17) is 4.74 Å². The van der Waals surface area contributed by atoms with Crippen molar-refractivity contribution < 1.29 is 31.5 Å². The molecule has 0 radical (unpaired) electrons. The number of sulfonamides is 1. The summed E-state index contributed by atoms with van der Waals surface area (Å²) in [7, 11) is -3.15. The Morgan fingerprint density at radius 2 is 1.67 bits per heavy atom. The Labute approximate surface area is 245 Å². The summed E-state index contributed by atoms with van der Waals surface area (Å²) in [6, 6.07) is 7.33. The predicted molar refractivity (Wildman–Crippen MR) is 155 cm³/mol. The maximum Gasteiger partial charge on any atom is 0.264 e. The van der Waals surface area contributed by atoms with Crippen LogP contribution in [0, 0.1) is 11.6 Å². The Bertz CT molecular complexity index is 1860. The smallest absolute Gasteiger partial charge is 0.264 e. The fourth-order valence-electron chi connectivity index (χ4n) is 4.65. The summed E-state index contributed by atoms with van der Waals surface area (Å²) in [5.74, 6) is -2.63. The summed E-state index contributed by atoms with van der Waals surface area (Å²) >= 11 is 0. The third-order valence-corrected chi connectivity index (χ3v) is 8.17. The Morgan fingerprint density at radius 3 is 2.37 bits per heavy atom. The number of ether oxygens (including phenoxy) is 1. The summed E-state index contributed by atoms with van der Waals surface area (Å²) in [6.07, 6.45) is 7.23. The molecule has 222 valence electrons. The standard InChI is InChI=1S/C29H26F2N6O5S/c1-18(38)3-6-27(39)37-11-9-36(10-12-37)25-7-8-32-28-22(25)13-19(16-33-28)20-14-24(29(42-2)34-17-20)35-43(40,41)26-5-4-21(30)15-23(26)31/h3-8,13-17,35H,9-12H2,1-2H3. The average molecular weight is 609 g/mol. The summed E-state index contributed by atoms with van der Waals surface area (Å²) in [5.41, 5.74) is 2.34. The number of amides is 1. The Kier molecular flexibility index (Phi) is 8.30. The van der Waals surface area contributed by atoms with E-state index in [1.165, 1.54) is 38.4 Å². The van der Waals surface area contributed by atoms with Gasteiger partial charge in [-0.1, -0.05) is 0 Å². The van der Waals surface area contributed by atoms with E-state index in [1.807, 2.05) is 12.1 Å². The molecule has 4 aromatic rings. The quantitative estimate of drug-likeness (QED) is 0.298. The number of nitrogens with zero attached hydrogens (tertiary/aromatic N) is 5. The molecule has 0 bridgehead atoms. The molecule has 11 nitrogen and oxygen atoms in total. The number of pyridine rings is 3. The maximum absolute atomic E-state index is 14.3. The van der Waals surface area contributed by atoms with Gasteiger partial charge in [0.1, 0.15) is 22.2 Å². The molecule has 4 heterocycles. The number of hydrogen-bond acceptors (Lipinski definition) is 9. The molecule has 1 aliphatic rings. The first-order chi connectivity index (χ1) is 20.6. The molecule has 43 heavy (non-hydrogen) atoms. The van der Waals surface area contributed by atoms with E-state index in [0.29, 0.717) is 49.0 Å². The van der Waals surface area contributed by atoms with Gasteiger partial charge in [0.2, 0.25) is 11.8 Å². The third-order valence-electron chi connectivity index (χ3n) is 6.77. The van der Waals surface area contributed by atoms with Crippen LogP contribution in [0.1, 0.15) is 6.92 Å². The second-order valence-electron chi connectivity index (χ2n) is 9.64. The molecule has 14 heteroatoms. The zero-order chi connectivity index (χ0) is 30.7. The molecule has 0 unspecified atom stereocenters. The van der Waals surface area contributed by atoms with Crippen LogP contribution in [-0.2, 0) is 19.6 Å². The molecular formula is C29H26F2N6O5S. The van der Waals surface area contributed by atoms with Gasteiger partial charge in [-0.05, 0) is 43.3 Å². The fourth-order valence-corrected chi connectivity index (χ4v) is 5.76. The molecule has 0 spiro atoms. The fraction of sp³-hybridized carbons (Fsp3) is 0.207. The lowest BCUT2D eigenvalue weighted by molar-refractivity contribution is -0.126. The summed E-state index contributed by atoms with van der Waals surface area (Å²) < 4.78 is 61.0. The first kappa shape index (κ1) is 29.5. The van der Waals surface area contributed by atoms with Gasteiger partial charge < -0.3 is 14.5 Å². The van der Waals surface area contributed by atoms with Crippen LogP contribution in [0.25, 0.3) is 22.2 Å². The number of aromatic nitrogens is 3. The van der Waals surface area contributed by atoms with Gasteiger partial charge in [0, 0.05) is 79.1 Å². The van der Waals surface area contributed by atoms with Crippen molar-refractivity contribution in [2.75, 3.05) is 42.9 Å². The number of piperazine rings is 1. The van der Waals surface area contributed by atoms with Gasteiger partial charge in [-0.25, -0.2) is 32.2 Å². The van der Waals surface area contributed by atoms with Gasteiger partial charge in [0.05, 0.1) is 7.11 Å². The lowest BCUT2D eigenvalue weighted by atomic mass is 10.1. The SMILES string of the molecule is COc1ncc(-c2cnc3nccc(N4CCN(C(=O)C=CC(C)=O)CC4)c3c2)cc1NS(=O)(=O)c1ccc(F)cc1F. The molecule has 0 aliphatic carbocycles. The van der Waals surface area contributed by atoms with Crippen LogP contribution in [0.2, 0.25) is 0 Å². The zero-order valence-corrected chi connectivity index (χ0v) is 23.9. The van der Waals surface area contributed by atoms with Crippen LogP contribution < -0.4 is 14.4 Å². The molecule has 1 N–H and O–H groups in total. The van der Waals surface area contributed by atoms with E-state index in [9.17, 15) is 26.8 Å². The molecule has 1 fully saturated rings. The summed E-state index contributed by atoms with van der Waals surface area (Å²) in [6.45, 7) is 3.38. The number of methoxy groups -OCH3 is 1. The minimum Gasteiger partial charge on any atom is -0.480 e. The number of rotatable bonds is 8. The van der Waals surface area contributed by atoms with Crippen molar-refractivity contribution in [1.29, 1.82) is 0 Å². The molecule has 1 amide bonds. The number of allylic oxidation sites excluding steroid dienone is 1. The monoisotopic (exact) mass is 608 g/mol. The van der Waals surface area contributed by atoms with Gasteiger partial charge in [-0.3, -0.25) is 14.3 Å². The molecule has 1 saturated heterocycles. The third kappa shape index (κ3) is 6.43. The second-order valence-corrected chi connectivity index (χ2v) is 11.3. The highest BCUT2D eigenvalue weighted by molar-refractivity contribution is 7.92. The van der Waals surface area contributed by atoms with E-state index < -0.39 is 26.6 Å². The topological polar surface area (TPSA) is 135 Å². The zero-order valence-electron chi connectivity index (χ0n) is 23.1. The van der Waals surface area contributed by atoms with Crippen LogP contribution in [0.4, 0.5) is 20.2 Å². The molecule has 0 saturated carbocycles. The minimum atomic E-state index is -4.46. The highest BCUT2D eigenvalue weighted by Crippen LogP contribution is 2.33. The van der Waals surface area contributed by atoms with E-state index in [1.54, 1.807) is 17.3 Å². The van der Waals surface area contributed by atoms with Gasteiger partial charge in [-0.2, -0.15) is 0 Å². The highest BCUT2D eigenvalue weighted by Gasteiger charge is 2.24. The van der Waals surface area contributed by atoms with Gasteiger partial charge >= 0.3 is 0 Å². The Hall–Kier alpha value is -4.98. The van der Waals surface area contributed by atoms with Crippen LogP contribution in [0.5, 0.6) is 5.88 Å². The Balaban J connectivity index is 1.43. The normalized spacial score (nSPS) is 13.9. The lowest BCUT2D eigenvalue weighted by Crippen LogP contribution is -2.48. The van der Waals surface area contributed by atoms with Crippen molar-refractivity contribution in [3.8, 4) is 17.0 Å². The largest absolute Gasteiger partial charge is 0.480 e. The number of carbonyl (C=O) groups excluding carboxylic acids is 2. The van der Waals surface area contributed by atoms with Crippen molar-refractivity contribution in [2.45, 2.75) is 11.8 Å². The van der Waals surface area contributed by atoms with E-state index in [2.05, 4.69) is 24.6 Å². The highest BCUT2D eigenvalue weighted by atomic mass is 32.2. The number of halogens is 2. The molecule has 0 atom stereocenters. The van der Waals surface area contributed by atoms with Gasteiger partial charge in [-0.15, -0.1) is 0 Å². The Morgan fingerprint density at radius 1 is 0.953 bits per heavy atom. The average Bonchev–Trinajstić information content (AvgIpc) is 2.99. The van der Waals surface area contributed by atoms with Gasteiger partial charge in [0.25, 0.3) is 10.0 Å². The van der Waals surface area contributed by atoms with Crippen molar-refractivity contribution in [3.63, 3.8) is 0 Å². The number of carbonyl (C=O) groups is 2. The van der Waals surface area contributed by atoms with Crippen molar-refractivity contribution >= 4 is 44.1 Å². The van der Waals surface area contributed by atoms with Crippen LogP contribution in [-0.4, -0.2) is 73.2 Å². The second kappa shape index (κ2) is 12.1. The number of ketones is 1. The van der Waals surface area contributed by atoms with E-state index in [0.717, 1.165) is 23.2 Å². The predicted octanol–water partition coefficient (Wildman–Crippen LogP) is 3.57. The first-order valence-corrected chi connectivity index (χ1v) is 14.5. The number of fused-ring (bicyclic) bond motifs is 1. The number of anilines is 2. The molecule has 1 aliphatic heterocycles. The molecule has 5 rings (SSSR count). The summed E-state index contributed by atoms with van der Waals surface area (Å²) in [4.78, 5) is 39.7. The summed E-state index contributed by atoms with van der Waals surface area (Å²) in [5, 5.41) is 0.725. The number of hydrogen-bond donors (Lipinski definition) is 1. The minimum absolute atomic E-state index is 0.0588. The van der Waals surface area contributed by atoms with Crippen molar-refractivity contribution in [3.05, 3.63) is 78.8 Å². The number of benzene rings is 1. The van der Waals surface area contributed by atoms with Crippen molar-refractivity contribution in [1.82, 2.24) is 19.9 Å². The van der Waals surface area contributed by atoms with E-state index >= 15 is 0 Å². The molecular weight excluding hydrogens is 582 g/mol. The van der Waals surface area contributed by atoms with Crippen LogP contribution in [0.3, 0.4) is 0 Å². The molecule has 1 aromatic carbocycles. The van der Waals surface area contributed by atoms with Crippen molar-refractivity contribution in [2.24, 2.45) is 0 Å². The lowest BCUT2D eigenvalue weighted by Gasteiger charge is -2.36. The number of nitrogens with one attached hydrogen (secondary N) is 1. The van der Waals surface area contributed by atoms with Gasteiger partial charge in [0.15, 0.2) is 11.4 Å². The maximum atomic E-state index is 14.3. The first-order valence-electron chi connectivity index (χ1n) is 13.1. The van der Waals surface area contributed by atoms with Crippen LogP contribution >= 0.6 is 0 Å². The molecule has 3 aromatic heterocycles. The van der Waals surface area contributed by atoms with Crippen LogP contribution in [0.15, 0.2) is 72.0 Å².